The first-order valence-electron chi connectivity index (χ1n) is 13.6. The molecule has 2 atom stereocenters. The number of piperazine rings is 1. The second-order valence-corrected chi connectivity index (χ2v) is 11.0. The molecule has 0 radical (unpaired) electrons. The van der Waals surface area contributed by atoms with Gasteiger partial charge >= 0.3 is 6.18 Å². The number of halogens is 4. The molecule has 1 aliphatic heterocycles. The zero-order valence-electron chi connectivity index (χ0n) is 22.5. The van der Waals surface area contributed by atoms with Crippen molar-refractivity contribution < 1.29 is 22.4 Å². The SMILES string of the molecule is C[C@@H]1CN(C(=O)c2ccnc(Nc3nc4cc(-c5ccc(F)c(C(F)(F)F)c5)ncc4[nH]3)c2)C[C@H](C)N1CC1CC1. The molecule has 3 aromatic heterocycles. The van der Waals surface area contributed by atoms with Crippen LogP contribution in [0.15, 0.2) is 48.8 Å². The standard InChI is InChI=1S/C29H29F4N7O/c1-16-13-39(14-17(2)40(16)15-18-3-4-18)27(41)20-7-8-34-26(10-20)38-28-36-24-11-23(35-12-25(24)37-28)19-5-6-22(30)21(9-19)29(31,32)33/h5-12,16-18H,3-4,13-15H2,1-2H3,(H2,34,36,37,38)/t16-,17+. The van der Waals surface area contributed by atoms with Crippen LogP contribution in [0.5, 0.6) is 0 Å². The largest absolute Gasteiger partial charge is 0.419 e. The van der Waals surface area contributed by atoms with E-state index in [2.05, 4.69) is 44.0 Å². The van der Waals surface area contributed by atoms with Crippen molar-refractivity contribution in [2.45, 2.75) is 44.9 Å². The van der Waals surface area contributed by atoms with Gasteiger partial charge in [-0.2, -0.15) is 13.2 Å². The number of alkyl halides is 3. The fraction of sp³-hybridized carbons (Fsp3) is 0.379. The van der Waals surface area contributed by atoms with E-state index in [1.165, 1.54) is 31.2 Å². The number of nitrogens with one attached hydrogen (secondary N) is 2. The van der Waals surface area contributed by atoms with Crippen LogP contribution in [0.4, 0.5) is 29.3 Å². The molecule has 6 rings (SSSR count). The van der Waals surface area contributed by atoms with Gasteiger partial charge in [0.15, 0.2) is 0 Å². The Morgan fingerprint density at radius 1 is 1.07 bits per heavy atom. The fourth-order valence-corrected chi connectivity index (χ4v) is 5.45. The van der Waals surface area contributed by atoms with Crippen molar-refractivity contribution in [3.8, 4) is 11.3 Å². The van der Waals surface area contributed by atoms with E-state index in [1.807, 2.05) is 4.90 Å². The first-order valence-corrected chi connectivity index (χ1v) is 13.6. The van der Waals surface area contributed by atoms with Crippen LogP contribution in [0.25, 0.3) is 22.3 Å². The number of hydrogen-bond donors (Lipinski definition) is 2. The lowest BCUT2D eigenvalue weighted by Gasteiger charge is -2.44. The Morgan fingerprint density at radius 2 is 1.83 bits per heavy atom. The Balaban J connectivity index is 1.17. The van der Waals surface area contributed by atoms with Crippen molar-refractivity contribution in [3.05, 3.63) is 65.7 Å². The number of H-pyrrole nitrogens is 1. The van der Waals surface area contributed by atoms with Crippen molar-refractivity contribution in [1.82, 2.24) is 29.7 Å². The third-order valence-corrected chi connectivity index (χ3v) is 7.74. The summed E-state index contributed by atoms with van der Waals surface area (Å²) >= 11 is 0. The van der Waals surface area contributed by atoms with Gasteiger partial charge in [-0.3, -0.25) is 14.7 Å². The number of aromatic nitrogens is 4. The molecule has 1 aliphatic carbocycles. The zero-order chi connectivity index (χ0) is 28.9. The highest BCUT2D eigenvalue weighted by Crippen LogP contribution is 2.35. The van der Waals surface area contributed by atoms with Gasteiger partial charge in [0.05, 0.1) is 28.5 Å². The van der Waals surface area contributed by atoms with Crippen LogP contribution >= 0.6 is 0 Å². The van der Waals surface area contributed by atoms with E-state index < -0.39 is 17.6 Å². The number of imidazole rings is 1. The molecule has 4 heterocycles. The number of benzene rings is 1. The van der Waals surface area contributed by atoms with Gasteiger partial charge in [-0.1, -0.05) is 0 Å². The molecule has 1 saturated carbocycles. The molecule has 2 aliphatic rings. The Kier molecular flexibility index (Phi) is 6.88. The van der Waals surface area contributed by atoms with Crippen LogP contribution in [0.1, 0.15) is 42.6 Å². The lowest BCUT2D eigenvalue weighted by atomic mass is 10.1. The van der Waals surface area contributed by atoms with E-state index in [4.69, 9.17) is 0 Å². The van der Waals surface area contributed by atoms with Crippen LogP contribution in [0.2, 0.25) is 0 Å². The third-order valence-electron chi connectivity index (χ3n) is 7.74. The Bertz CT molecular complexity index is 1590. The van der Waals surface area contributed by atoms with Crippen LogP contribution in [-0.4, -0.2) is 67.4 Å². The molecule has 214 valence electrons. The molecule has 4 aromatic rings. The highest BCUT2D eigenvalue weighted by molar-refractivity contribution is 5.95. The average molecular weight is 568 g/mol. The minimum absolute atomic E-state index is 0.0591. The van der Waals surface area contributed by atoms with E-state index in [0.29, 0.717) is 41.5 Å². The number of fused-ring (bicyclic) bond motifs is 1. The van der Waals surface area contributed by atoms with Crippen molar-refractivity contribution in [3.63, 3.8) is 0 Å². The minimum atomic E-state index is -4.82. The van der Waals surface area contributed by atoms with Crippen molar-refractivity contribution in [2.24, 2.45) is 5.92 Å². The Labute approximate surface area is 233 Å². The molecule has 41 heavy (non-hydrogen) atoms. The zero-order valence-corrected chi connectivity index (χ0v) is 22.5. The molecule has 0 bridgehead atoms. The number of carbonyl (C=O) groups is 1. The number of rotatable bonds is 6. The first-order chi connectivity index (χ1) is 19.5. The van der Waals surface area contributed by atoms with Crippen LogP contribution < -0.4 is 5.32 Å². The van der Waals surface area contributed by atoms with Gasteiger partial charge in [0, 0.05) is 49.0 Å². The van der Waals surface area contributed by atoms with Crippen LogP contribution in [-0.2, 0) is 6.18 Å². The Hall–Kier alpha value is -4.06. The topological polar surface area (TPSA) is 90.0 Å². The smallest absolute Gasteiger partial charge is 0.336 e. The van der Waals surface area contributed by atoms with E-state index in [-0.39, 0.29) is 29.2 Å². The Morgan fingerprint density at radius 3 is 2.54 bits per heavy atom. The van der Waals surface area contributed by atoms with Gasteiger partial charge in [0.25, 0.3) is 5.91 Å². The van der Waals surface area contributed by atoms with Gasteiger partial charge in [0.2, 0.25) is 5.95 Å². The average Bonchev–Trinajstić information content (AvgIpc) is 3.66. The molecule has 1 saturated heterocycles. The number of carbonyl (C=O) groups excluding carboxylic acids is 1. The predicted octanol–water partition coefficient (Wildman–Crippen LogP) is 5.87. The fourth-order valence-electron chi connectivity index (χ4n) is 5.45. The number of hydrogen-bond acceptors (Lipinski definition) is 6. The first kappa shape index (κ1) is 27.1. The van der Waals surface area contributed by atoms with Crippen molar-refractivity contribution in [2.75, 3.05) is 25.0 Å². The second kappa shape index (κ2) is 10.4. The van der Waals surface area contributed by atoms with Gasteiger partial charge in [-0.15, -0.1) is 0 Å². The lowest BCUT2D eigenvalue weighted by Crippen LogP contribution is -2.58. The van der Waals surface area contributed by atoms with E-state index in [9.17, 15) is 22.4 Å². The maximum atomic E-state index is 13.7. The van der Waals surface area contributed by atoms with Gasteiger partial charge in [0.1, 0.15) is 11.6 Å². The summed E-state index contributed by atoms with van der Waals surface area (Å²) in [6.45, 7) is 6.77. The highest BCUT2D eigenvalue weighted by atomic mass is 19.4. The van der Waals surface area contributed by atoms with Crippen LogP contribution in [0.3, 0.4) is 0 Å². The summed E-state index contributed by atoms with van der Waals surface area (Å²) in [5.74, 6) is 0.117. The molecule has 2 fully saturated rings. The molecule has 12 heteroatoms. The van der Waals surface area contributed by atoms with Gasteiger partial charge in [-0.25, -0.2) is 14.4 Å². The van der Waals surface area contributed by atoms with Crippen molar-refractivity contribution in [1.29, 1.82) is 0 Å². The number of pyridine rings is 2. The molecular formula is C29H29F4N7O. The number of anilines is 2. The highest BCUT2D eigenvalue weighted by Gasteiger charge is 2.36. The number of aromatic amines is 1. The maximum absolute atomic E-state index is 13.7. The summed E-state index contributed by atoms with van der Waals surface area (Å²) < 4.78 is 53.2. The molecule has 0 unspecified atom stereocenters. The normalized spacial score (nSPS) is 20.0. The van der Waals surface area contributed by atoms with E-state index in [0.717, 1.165) is 24.6 Å². The summed E-state index contributed by atoms with van der Waals surface area (Å²) in [5, 5.41) is 3.06. The quantitative estimate of drug-likeness (QED) is 0.284. The van der Waals surface area contributed by atoms with Crippen LogP contribution in [0, 0.1) is 11.7 Å². The second-order valence-electron chi connectivity index (χ2n) is 11.0. The van der Waals surface area contributed by atoms with Crippen molar-refractivity contribution >= 4 is 28.7 Å². The molecule has 0 spiro atoms. The minimum Gasteiger partial charge on any atom is -0.336 e. The number of nitrogens with zero attached hydrogens (tertiary/aromatic N) is 5. The van der Waals surface area contributed by atoms with Gasteiger partial charge < -0.3 is 15.2 Å². The third kappa shape index (κ3) is 5.74. The summed E-state index contributed by atoms with van der Waals surface area (Å²) in [6, 6.07) is 8.19. The lowest BCUT2D eigenvalue weighted by molar-refractivity contribution is -0.139. The monoisotopic (exact) mass is 567 g/mol. The molecule has 1 aromatic carbocycles. The maximum Gasteiger partial charge on any atom is 0.419 e. The summed E-state index contributed by atoms with van der Waals surface area (Å²) in [4.78, 5) is 33.8. The summed E-state index contributed by atoms with van der Waals surface area (Å²) in [6.07, 6.45) is 0.771. The predicted molar refractivity (Wildman–Crippen MR) is 146 cm³/mol. The molecule has 1 amide bonds. The van der Waals surface area contributed by atoms with E-state index >= 15 is 0 Å². The molecular weight excluding hydrogens is 538 g/mol. The van der Waals surface area contributed by atoms with E-state index in [1.54, 1.807) is 18.3 Å². The molecule has 2 N–H and O–H groups in total. The van der Waals surface area contributed by atoms with Gasteiger partial charge in [-0.05, 0) is 69.0 Å². The summed E-state index contributed by atoms with van der Waals surface area (Å²) in [7, 11) is 0. The number of amides is 1. The summed E-state index contributed by atoms with van der Waals surface area (Å²) in [5.41, 5.74) is 0.457. The molecule has 8 nitrogen and oxygen atoms in total.